The zero-order valence-corrected chi connectivity index (χ0v) is 15.3. The molecule has 0 fully saturated rings. The van der Waals surface area contributed by atoms with Crippen LogP contribution in [0.1, 0.15) is 29.9 Å². The van der Waals surface area contributed by atoms with Crippen molar-refractivity contribution in [2.24, 2.45) is 5.73 Å². The average Bonchev–Trinajstić information content (AvgIpc) is 2.72. The minimum atomic E-state index is 0.409. The third-order valence-electron chi connectivity index (χ3n) is 4.79. The molecule has 0 bridgehead atoms. The van der Waals surface area contributed by atoms with Crippen molar-refractivity contribution < 1.29 is 0 Å². The summed E-state index contributed by atoms with van der Waals surface area (Å²) < 4.78 is 0. The van der Waals surface area contributed by atoms with Gasteiger partial charge in [-0.25, -0.2) is 0 Å². The van der Waals surface area contributed by atoms with Crippen LogP contribution < -0.4 is 11.1 Å². The monoisotopic (exact) mass is 344 g/mol. The third-order valence-corrected chi connectivity index (χ3v) is 4.79. The lowest BCUT2D eigenvalue weighted by Crippen LogP contribution is -2.21. The summed E-state index contributed by atoms with van der Waals surface area (Å²) in [5, 5.41) is 3.51. The molecule has 0 aromatic heterocycles. The molecule has 0 saturated heterocycles. The molecule has 2 nitrogen and oxygen atoms in total. The Hall–Kier alpha value is -2.42. The van der Waals surface area contributed by atoms with Crippen LogP contribution in [0.5, 0.6) is 0 Å². The Kier molecular flexibility index (Phi) is 7.00. The molecule has 0 saturated carbocycles. The van der Waals surface area contributed by atoms with Gasteiger partial charge in [0.1, 0.15) is 0 Å². The molecule has 3 aromatic carbocycles. The highest BCUT2D eigenvalue weighted by atomic mass is 14.8. The molecule has 2 heteroatoms. The van der Waals surface area contributed by atoms with Gasteiger partial charge in [-0.1, -0.05) is 84.9 Å². The molecule has 3 N–H and O–H groups in total. The smallest absolute Gasteiger partial charge is 0.0101 e. The van der Waals surface area contributed by atoms with Gasteiger partial charge in [-0.2, -0.15) is 0 Å². The van der Waals surface area contributed by atoms with Gasteiger partial charge in [0.05, 0.1) is 0 Å². The molecule has 26 heavy (non-hydrogen) atoms. The van der Waals surface area contributed by atoms with E-state index in [2.05, 4.69) is 90.2 Å². The number of rotatable bonds is 9. The maximum atomic E-state index is 5.57. The molecular weight excluding hydrogens is 316 g/mol. The van der Waals surface area contributed by atoms with E-state index in [9.17, 15) is 0 Å². The van der Waals surface area contributed by atoms with Crippen LogP contribution in [-0.2, 0) is 0 Å². The lowest BCUT2D eigenvalue weighted by Gasteiger charge is -2.19. The second-order valence-corrected chi connectivity index (χ2v) is 6.63. The van der Waals surface area contributed by atoms with Crippen LogP contribution in [0.3, 0.4) is 0 Å². The summed E-state index contributed by atoms with van der Waals surface area (Å²) in [6, 6.07) is 30.4. The van der Waals surface area contributed by atoms with E-state index < -0.39 is 0 Å². The van der Waals surface area contributed by atoms with Gasteiger partial charge in [0, 0.05) is 5.92 Å². The Bertz CT molecular complexity index is 751. The van der Waals surface area contributed by atoms with Gasteiger partial charge in [0.2, 0.25) is 0 Å². The van der Waals surface area contributed by atoms with Gasteiger partial charge < -0.3 is 11.1 Å². The van der Waals surface area contributed by atoms with E-state index >= 15 is 0 Å². The molecule has 0 spiro atoms. The van der Waals surface area contributed by atoms with Crippen molar-refractivity contribution in [1.29, 1.82) is 0 Å². The molecule has 134 valence electrons. The first-order valence-electron chi connectivity index (χ1n) is 9.49. The maximum Gasteiger partial charge on any atom is 0.0101 e. The first-order valence-corrected chi connectivity index (χ1v) is 9.49. The van der Waals surface area contributed by atoms with Gasteiger partial charge in [0.15, 0.2) is 0 Å². The lowest BCUT2D eigenvalue weighted by atomic mass is 9.87. The predicted octanol–water partition coefficient (Wildman–Crippen LogP) is 4.81. The van der Waals surface area contributed by atoms with E-state index in [1.54, 1.807) is 0 Å². The van der Waals surface area contributed by atoms with Crippen molar-refractivity contribution in [3.8, 4) is 11.1 Å². The van der Waals surface area contributed by atoms with Gasteiger partial charge in [-0.05, 0) is 54.7 Å². The summed E-state index contributed by atoms with van der Waals surface area (Å²) in [7, 11) is 0. The zero-order chi connectivity index (χ0) is 18.0. The van der Waals surface area contributed by atoms with Crippen molar-refractivity contribution in [3.05, 3.63) is 96.1 Å². The quantitative estimate of drug-likeness (QED) is 0.547. The van der Waals surface area contributed by atoms with Crippen LogP contribution in [0.15, 0.2) is 84.9 Å². The second kappa shape index (κ2) is 9.91. The molecule has 3 aromatic rings. The summed E-state index contributed by atoms with van der Waals surface area (Å²) in [5.74, 6) is 0.409. The molecule has 0 heterocycles. The van der Waals surface area contributed by atoms with Crippen molar-refractivity contribution in [1.82, 2.24) is 5.32 Å². The minimum Gasteiger partial charge on any atom is -0.330 e. The molecule has 0 aliphatic rings. The molecule has 0 amide bonds. The van der Waals surface area contributed by atoms with E-state index in [1.807, 2.05) is 0 Å². The SMILES string of the molecule is NCCCNCCC(c1ccccc1)c1ccc(-c2ccccc2)cc1. The average molecular weight is 345 g/mol. The molecule has 0 aliphatic carbocycles. The summed E-state index contributed by atoms with van der Waals surface area (Å²) in [6.07, 6.45) is 2.11. The van der Waals surface area contributed by atoms with Crippen molar-refractivity contribution in [3.63, 3.8) is 0 Å². The normalized spacial score (nSPS) is 12.0. The summed E-state index contributed by atoms with van der Waals surface area (Å²) in [4.78, 5) is 0. The summed E-state index contributed by atoms with van der Waals surface area (Å²) >= 11 is 0. The van der Waals surface area contributed by atoms with Crippen molar-refractivity contribution >= 4 is 0 Å². The Labute approximate surface area is 157 Å². The second-order valence-electron chi connectivity index (χ2n) is 6.63. The number of nitrogens with two attached hydrogens (primary N) is 1. The van der Waals surface area contributed by atoms with Gasteiger partial charge in [-0.3, -0.25) is 0 Å². The maximum absolute atomic E-state index is 5.57. The fourth-order valence-electron chi connectivity index (χ4n) is 3.35. The van der Waals surface area contributed by atoms with E-state index in [0.29, 0.717) is 5.92 Å². The summed E-state index contributed by atoms with van der Waals surface area (Å²) in [6.45, 7) is 2.74. The van der Waals surface area contributed by atoms with Crippen LogP contribution in [0.2, 0.25) is 0 Å². The number of benzene rings is 3. The van der Waals surface area contributed by atoms with E-state index in [4.69, 9.17) is 5.73 Å². The van der Waals surface area contributed by atoms with Crippen molar-refractivity contribution in [2.45, 2.75) is 18.8 Å². The molecule has 3 rings (SSSR count). The molecule has 0 radical (unpaired) electrons. The Morgan fingerprint density at radius 2 is 1.23 bits per heavy atom. The van der Waals surface area contributed by atoms with Gasteiger partial charge >= 0.3 is 0 Å². The van der Waals surface area contributed by atoms with Crippen LogP contribution in [-0.4, -0.2) is 19.6 Å². The van der Waals surface area contributed by atoms with Crippen LogP contribution in [0.25, 0.3) is 11.1 Å². The van der Waals surface area contributed by atoms with E-state index in [0.717, 1.165) is 32.5 Å². The lowest BCUT2D eigenvalue weighted by molar-refractivity contribution is 0.598. The first kappa shape index (κ1) is 18.4. The fraction of sp³-hybridized carbons (Fsp3) is 0.250. The largest absolute Gasteiger partial charge is 0.330 e. The van der Waals surface area contributed by atoms with E-state index in [1.165, 1.54) is 22.3 Å². The molecular formula is C24H28N2. The highest BCUT2D eigenvalue weighted by Gasteiger charge is 2.13. The highest BCUT2D eigenvalue weighted by Crippen LogP contribution is 2.29. The van der Waals surface area contributed by atoms with Crippen LogP contribution in [0, 0.1) is 0 Å². The van der Waals surface area contributed by atoms with Crippen LogP contribution in [0.4, 0.5) is 0 Å². The van der Waals surface area contributed by atoms with Crippen molar-refractivity contribution in [2.75, 3.05) is 19.6 Å². The topological polar surface area (TPSA) is 38.0 Å². The highest BCUT2D eigenvalue weighted by molar-refractivity contribution is 5.63. The van der Waals surface area contributed by atoms with Gasteiger partial charge in [0.25, 0.3) is 0 Å². The minimum absolute atomic E-state index is 0.409. The Balaban J connectivity index is 1.75. The number of nitrogens with one attached hydrogen (secondary N) is 1. The molecule has 1 atom stereocenters. The number of hydrogen-bond donors (Lipinski definition) is 2. The van der Waals surface area contributed by atoms with Crippen LogP contribution >= 0.6 is 0 Å². The Morgan fingerprint density at radius 1 is 0.654 bits per heavy atom. The number of hydrogen-bond acceptors (Lipinski definition) is 2. The van der Waals surface area contributed by atoms with Gasteiger partial charge in [-0.15, -0.1) is 0 Å². The van der Waals surface area contributed by atoms with E-state index in [-0.39, 0.29) is 0 Å². The predicted molar refractivity (Wildman–Crippen MR) is 111 cm³/mol. The standard InChI is InChI=1S/C24H28N2/c25-17-7-18-26-19-16-24(22-10-5-2-6-11-22)23-14-12-21(13-15-23)20-8-3-1-4-9-20/h1-6,8-15,24,26H,7,16-19,25H2. The zero-order valence-electron chi connectivity index (χ0n) is 15.3. The Morgan fingerprint density at radius 3 is 1.88 bits per heavy atom. The third kappa shape index (κ3) is 5.04. The molecule has 0 aliphatic heterocycles. The fourth-order valence-corrected chi connectivity index (χ4v) is 3.35. The summed E-state index contributed by atoms with van der Waals surface area (Å²) in [5.41, 5.74) is 10.9. The molecule has 1 unspecified atom stereocenters. The first-order chi connectivity index (χ1) is 12.9.